The van der Waals surface area contributed by atoms with Crippen molar-refractivity contribution in [3.8, 4) is 0 Å². The van der Waals surface area contributed by atoms with Gasteiger partial charge in [-0.25, -0.2) is 4.79 Å². The van der Waals surface area contributed by atoms with Crippen molar-refractivity contribution < 1.29 is 9.21 Å². The minimum Gasteiger partial charge on any atom is -0.465 e. The first-order valence-electron chi connectivity index (χ1n) is 8.21. The Kier molecular flexibility index (Phi) is 4.17. The van der Waals surface area contributed by atoms with Crippen molar-refractivity contribution in [2.45, 2.75) is 32.7 Å². The van der Waals surface area contributed by atoms with E-state index < -0.39 is 0 Å². The average Bonchev–Trinajstić information content (AvgIpc) is 3.05. The third kappa shape index (κ3) is 3.14. The van der Waals surface area contributed by atoms with E-state index in [0.29, 0.717) is 0 Å². The van der Waals surface area contributed by atoms with E-state index >= 15 is 0 Å². The Morgan fingerprint density at radius 1 is 1.27 bits per heavy atom. The van der Waals surface area contributed by atoms with Crippen LogP contribution in [0.15, 0.2) is 16.5 Å². The Morgan fingerprint density at radius 2 is 2.09 bits per heavy atom. The van der Waals surface area contributed by atoms with Crippen LogP contribution in [-0.2, 0) is 6.54 Å². The molecule has 0 aromatic carbocycles. The largest absolute Gasteiger partial charge is 0.465 e. The number of likely N-dealkylation sites (tertiary alicyclic amines) is 2. The van der Waals surface area contributed by atoms with Gasteiger partial charge < -0.3 is 14.2 Å². The van der Waals surface area contributed by atoms with Crippen molar-refractivity contribution in [2.24, 2.45) is 5.41 Å². The molecule has 3 rings (SSSR count). The summed E-state index contributed by atoms with van der Waals surface area (Å²) in [6, 6.07) is 4.25. The molecule has 0 aliphatic carbocycles. The number of hydrogen-bond acceptors (Lipinski definition) is 3. The molecule has 2 aliphatic heterocycles. The fraction of sp³-hybridized carbons (Fsp3) is 0.706. The Morgan fingerprint density at radius 3 is 2.77 bits per heavy atom. The zero-order chi connectivity index (χ0) is 15.7. The average molecular weight is 305 g/mol. The van der Waals surface area contributed by atoms with Gasteiger partial charge in [-0.15, -0.1) is 0 Å². The second-order valence-corrected chi connectivity index (χ2v) is 7.18. The van der Waals surface area contributed by atoms with Crippen LogP contribution >= 0.6 is 0 Å². The number of amides is 2. The molecule has 0 bridgehead atoms. The van der Waals surface area contributed by atoms with Crippen molar-refractivity contribution in [1.82, 2.24) is 14.7 Å². The van der Waals surface area contributed by atoms with E-state index in [1.165, 1.54) is 12.8 Å². The van der Waals surface area contributed by atoms with Crippen molar-refractivity contribution >= 4 is 6.03 Å². The van der Waals surface area contributed by atoms with E-state index in [1.54, 1.807) is 4.90 Å². The lowest BCUT2D eigenvalue weighted by molar-refractivity contribution is 0.0938. The highest BCUT2D eigenvalue weighted by molar-refractivity contribution is 5.74. The monoisotopic (exact) mass is 305 g/mol. The fourth-order valence-electron chi connectivity index (χ4n) is 3.94. The standard InChI is InChI=1S/C17H27N3O2/c1-14-5-6-15(22-14)11-19-10-8-17(12-19)7-4-9-20(13-17)16(21)18(2)3/h5-6H,4,7-13H2,1-3H3. The van der Waals surface area contributed by atoms with E-state index in [0.717, 1.165) is 50.7 Å². The highest BCUT2D eigenvalue weighted by Gasteiger charge is 2.42. The van der Waals surface area contributed by atoms with Crippen molar-refractivity contribution in [1.29, 1.82) is 0 Å². The van der Waals surface area contributed by atoms with Gasteiger partial charge in [0, 0.05) is 39.1 Å². The Labute approximate surface area is 132 Å². The molecule has 1 aromatic heterocycles. The van der Waals surface area contributed by atoms with Crippen LogP contribution in [0.25, 0.3) is 0 Å². The lowest BCUT2D eigenvalue weighted by Gasteiger charge is -2.41. The molecule has 3 heterocycles. The molecule has 2 fully saturated rings. The second kappa shape index (κ2) is 5.95. The van der Waals surface area contributed by atoms with Crippen LogP contribution in [0, 0.1) is 12.3 Å². The van der Waals surface area contributed by atoms with E-state index in [9.17, 15) is 4.79 Å². The summed E-state index contributed by atoms with van der Waals surface area (Å²) in [6.07, 6.45) is 3.54. The Balaban J connectivity index is 1.61. The van der Waals surface area contributed by atoms with Crippen LogP contribution in [0.4, 0.5) is 4.79 Å². The number of piperidine rings is 1. The van der Waals surface area contributed by atoms with Crippen LogP contribution in [0.2, 0.25) is 0 Å². The molecule has 0 saturated carbocycles. The minimum absolute atomic E-state index is 0.152. The predicted octanol–water partition coefficient (Wildman–Crippen LogP) is 2.56. The summed E-state index contributed by atoms with van der Waals surface area (Å²) in [5, 5.41) is 0. The lowest BCUT2D eigenvalue weighted by Crippen LogP contribution is -2.50. The first-order valence-corrected chi connectivity index (χ1v) is 8.21. The summed E-state index contributed by atoms with van der Waals surface area (Å²) in [5.41, 5.74) is 0.283. The van der Waals surface area contributed by atoms with Gasteiger partial charge >= 0.3 is 6.03 Å². The molecule has 5 nitrogen and oxygen atoms in total. The molecule has 0 N–H and O–H groups in total. The van der Waals surface area contributed by atoms with Crippen LogP contribution in [0.3, 0.4) is 0 Å². The van der Waals surface area contributed by atoms with Gasteiger partial charge in [0.2, 0.25) is 0 Å². The quantitative estimate of drug-likeness (QED) is 0.843. The first kappa shape index (κ1) is 15.4. The molecule has 22 heavy (non-hydrogen) atoms. The molecule has 5 heteroatoms. The van der Waals surface area contributed by atoms with Crippen molar-refractivity contribution in [3.63, 3.8) is 0 Å². The Bertz CT molecular complexity index is 540. The first-order chi connectivity index (χ1) is 10.5. The van der Waals surface area contributed by atoms with Crippen LogP contribution in [0.5, 0.6) is 0 Å². The second-order valence-electron chi connectivity index (χ2n) is 7.18. The molecule has 2 amide bonds. The summed E-state index contributed by atoms with van der Waals surface area (Å²) in [6.45, 7) is 6.85. The highest BCUT2D eigenvalue weighted by atomic mass is 16.3. The SMILES string of the molecule is Cc1ccc(CN2CCC3(CCCN(C(=O)N(C)C)C3)C2)o1. The highest BCUT2D eigenvalue weighted by Crippen LogP contribution is 2.39. The molecule has 122 valence electrons. The van der Waals surface area contributed by atoms with Gasteiger partial charge in [-0.2, -0.15) is 0 Å². The van der Waals surface area contributed by atoms with Crippen LogP contribution in [0.1, 0.15) is 30.8 Å². The van der Waals surface area contributed by atoms with Gasteiger partial charge in [-0.1, -0.05) is 0 Å². The minimum atomic E-state index is 0.152. The summed E-state index contributed by atoms with van der Waals surface area (Å²) in [4.78, 5) is 18.4. The summed E-state index contributed by atoms with van der Waals surface area (Å²) < 4.78 is 5.70. The topological polar surface area (TPSA) is 39.9 Å². The van der Waals surface area contributed by atoms with Gasteiger partial charge in [0.25, 0.3) is 0 Å². The van der Waals surface area contributed by atoms with Gasteiger partial charge in [-0.3, -0.25) is 4.90 Å². The van der Waals surface area contributed by atoms with E-state index in [1.807, 2.05) is 32.0 Å². The Hall–Kier alpha value is -1.49. The number of nitrogens with zero attached hydrogens (tertiary/aromatic N) is 3. The van der Waals surface area contributed by atoms with Gasteiger partial charge in [-0.05, 0) is 44.9 Å². The zero-order valence-electron chi connectivity index (χ0n) is 14.0. The molecular weight excluding hydrogens is 278 g/mol. The number of carbonyl (C=O) groups is 1. The molecule has 2 saturated heterocycles. The number of hydrogen-bond donors (Lipinski definition) is 0. The summed E-state index contributed by atoms with van der Waals surface area (Å²) in [5.74, 6) is 2.02. The smallest absolute Gasteiger partial charge is 0.319 e. The normalized spacial score (nSPS) is 25.9. The summed E-state index contributed by atoms with van der Waals surface area (Å²) >= 11 is 0. The van der Waals surface area contributed by atoms with E-state index in [2.05, 4.69) is 11.0 Å². The molecule has 2 aliphatic rings. The van der Waals surface area contributed by atoms with Gasteiger partial charge in [0.05, 0.1) is 6.54 Å². The maximum Gasteiger partial charge on any atom is 0.319 e. The predicted molar refractivity (Wildman–Crippen MR) is 85.7 cm³/mol. The lowest BCUT2D eigenvalue weighted by atomic mass is 9.79. The molecule has 1 spiro atoms. The third-order valence-electron chi connectivity index (χ3n) is 5.01. The number of carbonyl (C=O) groups excluding carboxylic acids is 1. The molecule has 0 radical (unpaired) electrons. The number of rotatable bonds is 2. The van der Waals surface area contributed by atoms with E-state index in [-0.39, 0.29) is 11.4 Å². The number of furan rings is 1. The summed E-state index contributed by atoms with van der Waals surface area (Å²) in [7, 11) is 3.67. The number of urea groups is 1. The fourth-order valence-corrected chi connectivity index (χ4v) is 3.94. The maximum absolute atomic E-state index is 12.2. The van der Waals surface area contributed by atoms with E-state index in [4.69, 9.17) is 4.42 Å². The maximum atomic E-state index is 12.2. The van der Waals surface area contributed by atoms with Crippen molar-refractivity contribution in [2.75, 3.05) is 40.3 Å². The molecule has 1 atom stereocenters. The third-order valence-corrected chi connectivity index (χ3v) is 5.01. The van der Waals surface area contributed by atoms with Crippen LogP contribution < -0.4 is 0 Å². The molecule has 1 aromatic rings. The number of aryl methyl sites for hydroxylation is 1. The van der Waals surface area contributed by atoms with Gasteiger partial charge in [0.15, 0.2) is 0 Å². The van der Waals surface area contributed by atoms with Gasteiger partial charge in [0.1, 0.15) is 11.5 Å². The molecular formula is C17H27N3O2. The van der Waals surface area contributed by atoms with Crippen molar-refractivity contribution in [3.05, 3.63) is 23.7 Å². The molecule has 1 unspecified atom stereocenters. The van der Waals surface area contributed by atoms with Crippen LogP contribution in [-0.4, -0.2) is 61.0 Å². The zero-order valence-corrected chi connectivity index (χ0v) is 14.0.